The van der Waals surface area contributed by atoms with Gasteiger partial charge in [-0.2, -0.15) is 0 Å². The second-order valence-electron chi connectivity index (χ2n) is 3.52. The summed E-state index contributed by atoms with van der Waals surface area (Å²) >= 11 is 0. The third-order valence-electron chi connectivity index (χ3n) is 2.20. The van der Waals surface area contributed by atoms with Gasteiger partial charge in [-0.25, -0.2) is 22.3 Å². The Kier molecular flexibility index (Phi) is 5.03. The first kappa shape index (κ1) is 15.1. The maximum absolute atomic E-state index is 13.1. The number of aromatic carboxylic acids is 1. The van der Waals surface area contributed by atoms with Crippen LogP contribution in [-0.4, -0.2) is 26.0 Å². The molecule has 0 aromatic heterocycles. The van der Waals surface area contributed by atoms with Crippen molar-refractivity contribution in [3.63, 3.8) is 0 Å². The smallest absolute Gasteiger partial charge is 0.338 e. The number of nitrogens with one attached hydrogen (secondary N) is 1. The van der Waals surface area contributed by atoms with Crippen LogP contribution in [0.2, 0.25) is 0 Å². The number of carboxylic acids is 1. The SMILES string of the molecule is CC#CCCNS(=O)(=O)c1ccc(F)c(C(=O)O)c1. The minimum atomic E-state index is -3.86. The Labute approximate surface area is 110 Å². The van der Waals surface area contributed by atoms with E-state index in [2.05, 4.69) is 16.6 Å². The van der Waals surface area contributed by atoms with Crippen LogP contribution in [0.5, 0.6) is 0 Å². The maximum atomic E-state index is 13.1. The van der Waals surface area contributed by atoms with E-state index < -0.39 is 27.4 Å². The van der Waals surface area contributed by atoms with E-state index in [0.29, 0.717) is 6.42 Å². The molecular weight excluding hydrogens is 273 g/mol. The highest BCUT2D eigenvalue weighted by molar-refractivity contribution is 7.89. The van der Waals surface area contributed by atoms with Gasteiger partial charge in [0.1, 0.15) is 5.82 Å². The van der Waals surface area contributed by atoms with E-state index in [0.717, 1.165) is 18.2 Å². The molecule has 0 aliphatic rings. The van der Waals surface area contributed by atoms with Crippen LogP contribution in [0.4, 0.5) is 4.39 Å². The summed E-state index contributed by atoms with van der Waals surface area (Å²) < 4.78 is 39.0. The first-order chi connectivity index (χ1) is 8.88. The quantitative estimate of drug-likeness (QED) is 0.629. The molecule has 5 nitrogen and oxygen atoms in total. The second-order valence-corrected chi connectivity index (χ2v) is 5.29. The summed E-state index contributed by atoms with van der Waals surface area (Å²) in [6, 6.07) is 2.60. The standard InChI is InChI=1S/C12H12FNO4S/c1-2-3-4-7-14-19(17,18)9-5-6-11(13)10(8-9)12(15)16/h5-6,8,14H,4,7H2,1H3,(H,15,16). The summed E-state index contributed by atoms with van der Waals surface area (Å²) in [7, 11) is -3.86. The van der Waals surface area contributed by atoms with Gasteiger partial charge in [-0.15, -0.1) is 11.8 Å². The minimum Gasteiger partial charge on any atom is -0.478 e. The Bertz CT molecular complexity index is 643. The maximum Gasteiger partial charge on any atom is 0.338 e. The van der Waals surface area contributed by atoms with Crippen molar-refractivity contribution in [2.24, 2.45) is 0 Å². The van der Waals surface area contributed by atoms with Crippen molar-refractivity contribution in [2.75, 3.05) is 6.54 Å². The third-order valence-corrected chi connectivity index (χ3v) is 3.66. The highest BCUT2D eigenvalue weighted by atomic mass is 32.2. The molecule has 7 heteroatoms. The number of carboxylic acid groups (broad SMARTS) is 1. The molecule has 1 rings (SSSR count). The van der Waals surface area contributed by atoms with Gasteiger partial charge in [0.15, 0.2) is 0 Å². The summed E-state index contributed by atoms with van der Waals surface area (Å²) in [6.45, 7) is 1.73. The summed E-state index contributed by atoms with van der Waals surface area (Å²) in [6.07, 6.45) is 0.336. The zero-order valence-corrected chi connectivity index (χ0v) is 10.9. The van der Waals surface area contributed by atoms with Crippen LogP contribution in [0.1, 0.15) is 23.7 Å². The predicted molar refractivity (Wildman–Crippen MR) is 66.6 cm³/mol. The van der Waals surface area contributed by atoms with Crippen molar-refractivity contribution >= 4 is 16.0 Å². The van der Waals surface area contributed by atoms with Crippen LogP contribution in [0.15, 0.2) is 23.1 Å². The molecule has 0 bridgehead atoms. The number of hydrogen-bond acceptors (Lipinski definition) is 3. The minimum absolute atomic E-state index is 0.100. The first-order valence-corrected chi connectivity index (χ1v) is 6.79. The van der Waals surface area contributed by atoms with Crippen molar-refractivity contribution in [1.82, 2.24) is 4.72 Å². The summed E-state index contributed by atoms with van der Waals surface area (Å²) in [5.74, 6) is 2.79. The Morgan fingerprint density at radius 2 is 2.16 bits per heavy atom. The molecule has 1 aromatic rings. The molecule has 19 heavy (non-hydrogen) atoms. The van der Waals surface area contributed by atoms with E-state index in [1.54, 1.807) is 6.92 Å². The number of halogens is 1. The van der Waals surface area contributed by atoms with Gasteiger partial charge in [-0.3, -0.25) is 0 Å². The molecule has 2 N–H and O–H groups in total. The van der Waals surface area contributed by atoms with E-state index in [1.807, 2.05) is 0 Å². The molecular formula is C12H12FNO4S. The highest BCUT2D eigenvalue weighted by Gasteiger charge is 2.18. The van der Waals surface area contributed by atoms with Crippen LogP contribution >= 0.6 is 0 Å². The van der Waals surface area contributed by atoms with Gasteiger partial charge in [0, 0.05) is 13.0 Å². The Hall–Kier alpha value is -1.91. The zero-order chi connectivity index (χ0) is 14.5. The molecule has 0 saturated carbocycles. The molecule has 0 unspecified atom stereocenters. The molecule has 1 aromatic carbocycles. The topological polar surface area (TPSA) is 83.5 Å². The molecule has 102 valence electrons. The molecule has 0 aliphatic carbocycles. The zero-order valence-electron chi connectivity index (χ0n) is 10.1. The van der Waals surface area contributed by atoms with Crippen LogP contribution in [0.3, 0.4) is 0 Å². The average Bonchev–Trinajstić information content (AvgIpc) is 2.34. The van der Waals surface area contributed by atoms with Crippen LogP contribution in [0, 0.1) is 17.7 Å². The van der Waals surface area contributed by atoms with Gasteiger partial charge in [-0.1, -0.05) is 0 Å². The lowest BCUT2D eigenvalue weighted by Gasteiger charge is -2.06. The molecule has 0 radical (unpaired) electrons. The van der Waals surface area contributed by atoms with E-state index in [4.69, 9.17) is 5.11 Å². The fourth-order valence-electron chi connectivity index (χ4n) is 1.29. The average molecular weight is 285 g/mol. The number of rotatable bonds is 5. The van der Waals surface area contributed by atoms with Crippen molar-refractivity contribution in [3.05, 3.63) is 29.6 Å². The monoisotopic (exact) mass is 285 g/mol. The number of sulfonamides is 1. The number of benzene rings is 1. The molecule has 0 spiro atoms. The summed E-state index contributed by atoms with van der Waals surface area (Å²) in [5, 5.41) is 8.73. The van der Waals surface area contributed by atoms with E-state index in [1.165, 1.54) is 0 Å². The Balaban J connectivity index is 2.97. The Morgan fingerprint density at radius 3 is 2.74 bits per heavy atom. The third kappa shape index (κ3) is 4.05. The van der Waals surface area contributed by atoms with E-state index >= 15 is 0 Å². The van der Waals surface area contributed by atoms with E-state index in [9.17, 15) is 17.6 Å². The van der Waals surface area contributed by atoms with E-state index in [-0.39, 0.29) is 11.4 Å². The lowest BCUT2D eigenvalue weighted by molar-refractivity contribution is 0.0691. The lowest BCUT2D eigenvalue weighted by Crippen LogP contribution is -2.25. The number of carbonyl (C=O) groups is 1. The normalized spacial score (nSPS) is 10.6. The van der Waals surface area contributed by atoms with Crippen molar-refractivity contribution in [3.8, 4) is 11.8 Å². The van der Waals surface area contributed by atoms with Gasteiger partial charge in [0.2, 0.25) is 10.0 Å². The lowest BCUT2D eigenvalue weighted by atomic mass is 10.2. The fourth-order valence-corrected chi connectivity index (χ4v) is 2.35. The molecule has 0 fully saturated rings. The molecule has 0 saturated heterocycles. The van der Waals surface area contributed by atoms with Crippen LogP contribution in [-0.2, 0) is 10.0 Å². The van der Waals surface area contributed by atoms with Gasteiger partial charge in [0.05, 0.1) is 10.5 Å². The van der Waals surface area contributed by atoms with Crippen molar-refractivity contribution in [2.45, 2.75) is 18.2 Å². The van der Waals surface area contributed by atoms with Gasteiger partial charge < -0.3 is 5.11 Å². The second kappa shape index (κ2) is 6.31. The van der Waals surface area contributed by atoms with Crippen LogP contribution in [0.25, 0.3) is 0 Å². The molecule has 0 amide bonds. The summed E-state index contributed by atoms with van der Waals surface area (Å²) in [5.41, 5.74) is -0.684. The molecule has 0 atom stereocenters. The largest absolute Gasteiger partial charge is 0.478 e. The van der Waals surface area contributed by atoms with Gasteiger partial charge >= 0.3 is 5.97 Å². The predicted octanol–water partition coefficient (Wildman–Crippen LogP) is 1.22. The molecule has 0 aliphatic heterocycles. The highest BCUT2D eigenvalue weighted by Crippen LogP contribution is 2.15. The fraction of sp³-hybridized carbons (Fsp3) is 0.250. The van der Waals surface area contributed by atoms with Crippen molar-refractivity contribution < 1.29 is 22.7 Å². The summed E-state index contributed by atoms with van der Waals surface area (Å²) in [4.78, 5) is 10.4. The van der Waals surface area contributed by atoms with Gasteiger partial charge in [-0.05, 0) is 25.1 Å². The van der Waals surface area contributed by atoms with Crippen LogP contribution < -0.4 is 4.72 Å². The first-order valence-electron chi connectivity index (χ1n) is 5.30. The Morgan fingerprint density at radius 1 is 1.47 bits per heavy atom. The number of hydrogen-bond donors (Lipinski definition) is 2. The van der Waals surface area contributed by atoms with Gasteiger partial charge in [0.25, 0.3) is 0 Å². The molecule has 0 heterocycles. The van der Waals surface area contributed by atoms with Crippen molar-refractivity contribution in [1.29, 1.82) is 0 Å².